The van der Waals surface area contributed by atoms with E-state index < -0.39 is 5.56 Å². The number of nitrogens with one attached hydrogen (secondary N) is 1. The minimum atomic E-state index is -0.420. The topological polar surface area (TPSA) is 103 Å². The van der Waals surface area contributed by atoms with Gasteiger partial charge in [-0.2, -0.15) is 4.98 Å². The lowest BCUT2D eigenvalue weighted by Gasteiger charge is -2.14. The van der Waals surface area contributed by atoms with Gasteiger partial charge >= 0.3 is 0 Å². The predicted molar refractivity (Wildman–Crippen MR) is 107 cm³/mol. The average Bonchev–Trinajstić information content (AvgIpc) is 2.67. The van der Waals surface area contributed by atoms with Crippen molar-refractivity contribution in [3.05, 3.63) is 76.7 Å². The first-order chi connectivity index (χ1) is 13.1. The summed E-state index contributed by atoms with van der Waals surface area (Å²) in [7, 11) is 0. The van der Waals surface area contributed by atoms with E-state index in [9.17, 15) is 9.59 Å². The van der Waals surface area contributed by atoms with Gasteiger partial charge in [0.2, 0.25) is 5.91 Å². The molecule has 0 unspecified atom stereocenters. The maximum atomic E-state index is 12.1. The summed E-state index contributed by atoms with van der Waals surface area (Å²) in [5, 5.41) is 3.12. The maximum Gasteiger partial charge on any atom is 0.275 e. The second-order valence-electron chi connectivity index (χ2n) is 5.74. The van der Waals surface area contributed by atoms with Crippen molar-refractivity contribution in [3.63, 3.8) is 0 Å². The largest absolute Gasteiger partial charge is 0.385 e. The zero-order chi connectivity index (χ0) is 19.1. The van der Waals surface area contributed by atoms with Crippen LogP contribution in [0.15, 0.2) is 70.7 Å². The van der Waals surface area contributed by atoms with Gasteiger partial charge in [0.1, 0.15) is 11.6 Å². The van der Waals surface area contributed by atoms with Crippen molar-refractivity contribution in [3.8, 4) is 0 Å². The van der Waals surface area contributed by atoms with E-state index in [-0.39, 0.29) is 11.7 Å². The molecule has 1 amide bonds. The van der Waals surface area contributed by atoms with Crippen LogP contribution in [0.25, 0.3) is 0 Å². The van der Waals surface area contributed by atoms with E-state index in [4.69, 9.17) is 5.73 Å². The number of carbonyl (C=O) groups is 1. The third-order valence-electron chi connectivity index (χ3n) is 3.75. The number of nitrogens with zero attached hydrogens (tertiary/aromatic N) is 3. The Morgan fingerprint density at radius 2 is 1.93 bits per heavy atom. The van der Waals surface area contributed by atoms with Crippen LogP contribution in [0.2, 0.25) is 0 Å². The van der Waals surface area contributed by atoms with Gasteiger partial charge < -0.3 is 15.6 Å². The number of anilines is 2. The zero-order valence-corrected chi connectivity index (χ0v) is 15.4. The first kappa shape index (κ1) is 18.7. The number of nitrogens with two attached hydrogens (primary N) is 1. The molecule has 2 heterocycles. The van der Waals surface area contributed by atoms with E-state index in [2.05, 4.69) is 15.3 Å². The predicted octanol–water partition coefficient (Wildman–Crippen LogP) is 2.19. The number of carbonyl (C=O) groups excluding carboxylic acids is 1. The monoisotopic (exact) mass is 381 g/mol. The number of thioether (sulfide) groups is 1. The molecule has 3 rings (SSSR count). The van der Waals surface area contributed by atoms with Crippen LogP contribution in [0, 0.1) is 0 Å². The lowest BCUT2D eigenvalue weighted by Crippen LogP contribution is -2.20. The molecule has 0 aliphatic rings. The molecule has 0 spiro atoms. The number of pyridine rings is 1. The summed E-state index contributed by atoms with van der Waals surface area (Å²) in [6, 6.07) is 16.5. The third kappa shape index (κ3) is 5.42. The van der Waals surface area contributed by atoms with Crippen LogP contribution in [-0.2, 0) is 17.8 Å². The van der Waals surface area contributed by atoms with Crippen molar-refractivity contribution in [1.29, 1.82) is 0 Å². The molecule has 7 nitrogen and oxygen atoms in total. The Labute approximate surface area is 160 Å². The molecule has 0 bridgehead atoms. The molecule has 2 aromatic heterocycles. The van der Waals surface area contributed by atoms with Gasteiger partial charge in [0, 0.05) is 18.8 Å². The summed E-state index contributed by atoms with van der Waals surface area (Å²) in [5.74, 6) is 0.672. The van der Waals surface area contributed by atoms with Crippen LogP contribution in [0.5, 0.6) is 0 Å². The van der Waals surface area contributed by atoms with Crippen molar-refractivity contribution in [1.82, 2.24) is 14.5 Å². The summed E-state index contributed by atoms with van der Waals surface area (Å²) in [5.41, 5.74) is 6.75. The zero-order valence-electron chi connectivity index (χ0n) is 14.5. The molecule has 138 valence electrons. The number of hydrogen-bond donors (Lipinski definition) is 2. The van der Waals surface area contributed by atoms with Crippen LogP contribution in [0.3, 0.4) is 0 Å². The Morgan fingerprint density at radius 3 is 2.67 bits per heavy atom. The Hall–Kier alpha value is -3.13. The number of rotatable bonds is 7. The van der Waals surface area contributed by atoms with Crippen LogP contribution in [0.4, 0.5) is 11.6 Å². The number of benzene rings is 1. The highest BCUT2D eigenvalue weighted by atomic mass is 32.2. The minimum absolute atomic E-state index is 0.0950. The molecule has 0 fully saturated rings. The highest BCUT2D eigenvalue weighted by molar-refractivity contribution is 7.99. The highest BCUT2D eigenvalue weighted by Crippen LogP contribution is 2.18. The fourth-order valence-corrected chi connectivity index (χ4v) is 3.31. The summed E-state index contributed by atoms with van der Waals surface area (Å²) in [6.45, 7) is 0.563. The van der Waals surface area contributed by atoms with Gasteiger partial charge in [0.05, 0.1) is 5.75 Å². The molecule has 0 aliphatic carbocycles. The smallest absolute Gasteiger partial charge is 0.275 e. The number of aromatic nitrogens is 3. The Kier molecular flexibility index (Phi) is 6.22. The van der Waals surface area contributed by atoms with Gasteiger partial charge in [-0.1, -0.05) is 48.2 Å². The summed E-state index contributed by atoms with van der Waals surface area (Å²) in [4.78, 5) is 31.9. The third-order valence-corrected chi connectivity index (χ3v) is 4.73. The number of nitrogen functional groups attached to an aromatic ring is 1. The van der Waals surface area contributed by atoms with E-state index in [0.29, 0.717) is 23.3 Å². The first-order valence-electron chi connectivity index (χ1n) is 8.37. The Bertz CT molecular complexity index is 961. The molecule has 0 atom stereocenters. The van der Waals surface area contributed by atoms with E-state index in [1.54, 1.807) is 29.0 Å². The average molecular weight is 381 g/mol. The first-order valence-corrected chi connectivity index (χ1v) is 9.35. The van der Waals surface area contributed by atoms with Crippen LogP contribution < -0.4 is 16.6 Å². The summed E-state index contributed by atoms with van der Waals surface area (Å²) >= 11 is 1.17. The molecule has 27 heavy (non-hydrogen) atoms. The molecule has 0 aliphatic heterocycles. The second-order valence-corrected chi connectivity index (χ2v) is 6.68. The normalized spacial score (nSPS) is 10.5. The van der Waals surface area contributed by atoms with Crippen molar-refractivity contribution in [2.75, 3.05) is 16.8 Å². The lowest BCUT2D eigenvalue weighted by molar-refractivity contribution is -0.113. The van der Waals surface area contributed by atoms with Gasteiger partial charge in [0.25, 0.3) is 5.56 Å². The fourth-order valence-electron chi connectivity index (χ4n) is 2.47. The van der Waals surface area contributed by atoms with E-state index in [0.717, 1.165) is 12.0 Å². The molecule has 3 N–H and O–H groups in total. The molecular formula is C19H19N5O2S. The number of hydrogen-bond acceptors (Lipinski definition) is 6. The van der Waals surface area contributed by atoms with Crippen molar-refractivity contribution in [2.45, 2.75) is 18.1 Å². The molecule has 0 saturated heterocycles. The molecule has 8 heteroatoms. The Balaban J connectivity index is 1.68. The van der Waals surface area contributed by atoms with Gasteiger partial charge in [-0.3, -0.25) is 9.59 Å². The van der Waals surface area contributed by atoms with Gasteiger partial charge in [0.15, 0.2) is 5.16 Å². The SMILES string of the molecule is Nc1cc(=O)nc(SCC(=O)Nc2ccccn2)n1CCc1ccccc1. The van der Waals surface area contributed by atoms with E-state index in [1.807, 2.05) is 30.3 Å². The number of amides is 1. The Morgan fingerprint density at radius 1 is 1.15 bits per heavy atom. The standard InChI is InChI=1S/C19H19N5O2S/c20-15-12-17(25)23-19(24(15)11-9-14-6-2-1-3-7-14)27-13-18(26)22-16-8-4-5-10-21-16/h1-8,10,12H,9,11,13,20H2,(H,21,22,26). The quantitative estimate of drug-likeness (QED) is 0.480. The van der Waals surface area contributed by atoms with Gasteiger partial charge in [-0.05, 0) is 24.1 Å². The lowest BCUT2D eigenvalue weighted by atomic mass is 10.1. The van der Waals surface area contributed by atoms with Crippen LogP contribution in [-0.4, -0.2) is 26.2 Å². The van der Waals surface area contributed by atoms with Gasteiger partial charge in [-0.15, -0.1) is 0 Å². The van der Waals surface area contributed by atoms with Gasteiger partial charge in [-0.25, -0.2) is 4.98 Å². The summed E-state index contributed by atoms with van der Waals surface area (Å²) in [6.07, 6.45) is 2.34. The number of aryl methyl sites for hydroxylation is 1. The van der Waals surface area contributed by atoms with Crippen molar-refractivity contribution < 1.29 is 4.79 Å². The van der Waals surface area contributed by atoms with Crippen molar-refractivity contribution >= 4 is 29.3 Å². The molecule has 0 radical (unpaired) electrons. The molecule has 3 aromatic rings. The van der Waals surface area contributed by atoms with E-state index in [1.165, 1.54) is 17.8 Å². The fraction of sp³-hybridized carbons (Fsp3) is 0.158. The second kappa shape index (κ2) is 9.00. The molecular weight excluding hydrogens is 362 g/mol. The summed E-state index contributed by atoms with van der Waals surface area (Å²) < 4.78 is 1.76. The molecule has 0 saturated carbocycles. The molecule has 1 aromatic carbocycles. The highest BCUT2D eigenvalue weighted by Gasteiger charge is 2.11. The van der Waals surface area contributed by atoms with Crippen molar-refractivity contribution in [2.24, 2.45) is 0 Å². The maximum absolute atomic E-state index is 12.1. The van der Waals surface area contributed by atoms with Crippen LogP contribution >= 0.6 is 11.8 Å². The van der Waals surface area contributed by atoms with Crippen LogP contribution in [0.1, 0.15) is 5.56 Å². The van der Waals surface area contributed by atoms with E-state index >= 15 is 0 Å². The minimum Gasteiger partial charge on any atom is -0.385 e.